The zero-order chi connectivity index (χ0) is 15.6. The van der Waals surface area contributed by atoms with Gasteiger partial charge in [0.1, 0.15) is 16.6 Å². The number of ether oxygens (including phenoxy) is 1. The van der Waals surface area contributed by atoms with Gasteiger partial charge in [-0.2, -0.15) is 13.2 Å². The smallest absolute Gasteiger partial charge is 0.422 e. The molecule has 0 N–H and O–H groups in total. The molecule has 0 bridgehead atoms. The van der Waals surface area contributed by atoms with Crippen LogP contribution in [-0.4, -0.2) is 20.9 Å². The van der Waals surface area contributed by atoms with Gasteiger partial charge in [-0.1, -0.05) is 11.6 Å². The lowest BCUT2D eigenvalue weighted by molar-refractivity contribution is -0.141. The normalized spacial score (nSPS) is 11.3. The predicted molar refractivity (Wildman–Crippen MR) is 66.2 cm³/mol. The number of rotatable bonds is 2. The number of aromatic nitrogens is 3. The molecule has 2 aromatic rings. The minimum Gasteiger partial charge on any atom is -0.422 e. The molecule has 0 aliphatic heterocycles. The maximum atomic E-state index is 12.5. The van der Waals surface area contributed by atoms with Gasteiger partial charge in [0.2, 0.25) is 5.28 Å². The van der Waals surface area contributed by atoms with Gasteiger partial charge in [0.15, 0.2) is 5.69 Å². The topological polar surface area (TPSA) is 65.0 Å². The van der Waals surface area contributed by atoms with Crippen molar-refractivity contribution >= 4 is 29.2 Å². The molecule has 21 heavy (non-hydrogen) atoms. The van der Waals surface area contributed by atoms with Crippen molar-refractivity contribution in [3.8, 4) is 5.75 Å². The Balaban J connectivity index is 2.23. The number of alkyl halides is 3. The van der Waals surface area contributed by atoms with Gasteiger partial charge < -0.3 is 4.74 Å². The predicted octanol–water partition coefficient (Wildman–Crippen LogP) is 3.42. The second kappa shape index (κ2) is 5.82. The van der Waals surface area contributed by atoms with Crippen LogP contribution in [0.4, 0.5) is 13.2 Å². The van der Waals surface area contributed by atoms with Gasteiger partial charge in [-0.25, -0.2) is 14.8 Å². The van der Waals surface area contributed by atoms with Gasteiger partial charge in [0.25, 0.3) is 0 Å². The van der Waals surface area contributed by atoms with Crippen molar-refractivity contribution in [2.24, 2.45) is 0 Å². The highest BCUT2D eigenvalue weighted by molar-refractivity contribution is 6.32. The Hall–Kier alpha value is -1.93. The third-order valence-corrected chi connectivity index (χ3v) is 2.47. The van der Waals surface area contributed by atoms with Crippen LogP contribution < -0.4 is 4.74 Å². The number of carbonyl (C=O) groups excluding carboxylic acids is 1. The number of hydrogen-bond acceptors (Lipinski definition) is 5. The van der Waals surface area contributed by atoms with Crippen LogP contribution in [0.25, 0.3) is 0 Å². The van der Waals surface area contributed by atoms with Crippen LogP contribution in [0.5, 0.6) is 5.75 Å². The molecule has 0 saturated heterocycles. The third-order valence-electron chi connectivity index (χ3n) is 2.11. The zero-order valence-corrected chi connectivity index (χ0v) is 11.4. The van der Waals surface area contributed by atoms with Gasteiger partial charge in [0.05, 0.1) is 0 Å². The fourth-order valence-corrected chi connectivity index (χ4v) is 1.69. The molecular formula is C11H4Cl2F3N3O2. The van der Waals surface area contributed by atoms with Gasteiger partial charge in [0, 0.05) is 18.3 Å². The first-order valence-corrected chi connectivity index (χ1v) is 5.97. The first-order chi connectivity index (χ1) is 9.75. The van der Waals surface area contributed by atoms with E-state index in [1.54, 1.807) is 0 Å². The number of esters is 1. The second-order valence-corrected chi connectivity index (χ2v) is 4.33. The van der Waals surface area contributed by atoms with Crippen LogP contribution in [0.15, 0.2) is 24.4 Å². The van der Waals surface area contributed by atoms with E-state index in [1.165, 1.54) is 0 Å². The van der Waals surface area contributed by atoms with Crippen molar-refractivity contribution in [1.29, 1.82) is 0 Å². The molecule has 0 aromatic carbocycles. The Morgan fingerprint density at radius 1 is 1.19 bits per heavy atom. The SMILES string of the molecule is O=C(Oc1ccnc(C(F)(F)F)c1)c1cc(Cl)nc(Cl)n1. The minimum atomic E-state index is -4.65. The Bertz CT molecular complexity index is 674. The summed E-state index contributed by atoms with van der Waals surface area (Å²) in [5.74, 6) is -1.37. The van der Waals surface area contributed by atoms with Crippen LogP contribution in [0.1, 0.15) is 16.2 Å². The maximum Gasteiger partial charge on any atom is 0.433 e. The average Bonchev–Trinajstić information content (AvgIpc) is 2.37. The van der Waals surface area contributed by atoms with Gasteiger partial charge in [-0.3, -0.25) is 4.98 Å². The van der Waals surface area contributed by atoms with Crippen molar-refractivity contribution in [1.82, 2.24) is 15.0 Å². The minimum absolute atomic E-state index is 0.104. The Morgan fingerprint density at radius 3 is 2.52 bits per heavy atom. The lowest BCUT2D eigenvalue weighted by atomic mass is 10.3. The van der Waals surface area contributed by atoms with Crippen LogP contribution >= 0.6 is 23.2 Å². The van der Waals surface area contributed by atoms with Gasteiger partial charge in [-0.05, 0) is 17.7 Å². The summed E-state index contributed by atoms with van der Waals surface area (Å²) in [7, 11) is 0. The van der Waals surface area contributed by atoms with E-state index in [1.807, 2.05) is 0 Å². The number of halogens is 5. The molecular weight excluding hydrogens is 334 g/mol. The molecule has 2 heterocycles. The molecule has 0 atom stereocenters. The van der Waals surface area contributed by atoms with E-state index in [2.05, 4.69) is 15.0 Å². The molecule has 0 saturated carbocycles. The van der Waals surface area contributed by atoms with Crippen molar-refractivity contribution in [3.63, 3.8) is 0 Å². The largest absolute Gasteiger partial charge is 0.433 e. The van der Waals surface area contributed by atoms with Crippen LogP contribution in [0.3, 0.4) is 0 Å². The van der Waals surface area contributed by atoms with Crippen molar-refractivity contribution in [2.75, 3.05) is 0 Å². The van der Waals surface area contributed by atoms with Crippen molar-refractivity contribution in [2.45, 2.75) is 6.18 Å². The van der Waals surface area contributed by atoms with E-state index in [-0.39, 0.29) is 21.9 Å². The first-order valence-electron chi connectivity index (χ1n) is 5.21. The van der Waals surface area contributed by atoms with Crippen LogP contribution in [0, 0.1) is 0 Å². The van der Waals surface area contributed by atoms with E-state index in [0.29, 0.717) is 6.07 Å². The highest BCUT2D eigenvalue weighted by atomic mass is 35.5. The van der Waals surface area contributed by atoms with Crippen molar-refractivity contribution < 1.29 is 22.7 Å². The second-order valence-electron chi connectivity index (χ2n) is 3.61. The number of hydrogen-bond donors (Lipinski definition) is 0. The van der Waals surface area contributed by atoms with E-state index in [9.17, 15) is 18.0 Å². The molecule has 0 amide bonds. The highest BCUT2D eigenvalue weighted by Crippen LogP contribution is 2.29. The maximum absolute atomic E-state index is 12.5. The molecule has 0 aliphatic rings. The molecule has 110 valence electrons. The summed E-state index contributed by atoms with van der Waals surface area (Å²) in [5, 5.41) is -0.396. The quantitative estimate of drug-likeness (QED) is 0.477. The van der Waals surface area contributed by atoms with Gasteiger partial charge >= 0.3 is 12.1 Å². The van der Waals surface area contributed by atoms with Crippen molar-refractivity contribution in [3.05, 3.63) is 46.2 Å². The fraction of sp³-hybridized carbons (Fsp3) is 0.0909. The first kappa shape index (κ1) is 15.5. The standard InChI is InChI=1S/C11H4Cl2F3N3O2/c12-8-4-6(18-10(13)19-8)9(20)21-5-1-2-17-7(3-5)11(14,15)16/h1-4H. The molecule has 5 nitrogen and oxygen atoms in total. The summed E-state index contributed by atoms with van der Waals surface area (Å²) in [6.45, 7) is 0. The molecule has 0 spiro atoms. The lowest BCUT2D eigenvalue weighted by Gasteiger charge is -2.08. The molecule has 0 radical (unpaired) electrons. The van der Waals surface area contributed by atoms with Crippen LogP contribution in [0.2, 0.25) is 10.4 Å². The molecule has 0 unspecified atom stereocenters. The lowest BCUT2D eigenvalue weighted by Crippen LogP contribution is -2.13. The Kier molecular flexibility index (Phi) is 4.29. The zero-order valence-electron chi connectivity index (χ0n) is 9.86. The number of nitrogens with zero attached hydrogens (tertiary/aromatic N) is 3. The summed E-state index contributed by atoms with van der Waals surface area (Å²) < 4.78 is 42.2. The fourth-order valence-electron chi connectivity index (χ4n) is 1.28. The molecule has 10 heteroatoms. The molecule has 2 rings (SSSR count). The van der Waals surface area contributed by atoms with E-state index in [4.69, 9.17) is 27.9 Å². The molecule has 0 aliphatic carbocycles. The molecule has 0 fully saturated rings. The summed E-state index contributed by atoms with van der Waals surface area (Å²) in [6, 6.07) is 2.75. The summed E-state index contributed by atoms with van der Waals surface area (Å²) in [5.41, 5.74) is -1.48. The third kappa shape index (κ3) is 4.02. The highest BCUT2D eigenvalue weighted by Gasteiger charge is 2.32. The summed E-state index contributed by atoms with van der Waals surface area (Å²) in [6.07, 6.45) is -3.78. The van der Waals surface area contributed by atoms with E-state index < -0.39 is 17.8 Å². The van der Waals surface area contributed by atoms with E-state index >= 15 is 0 Å². The summed E-state index contributed by atoms with van der Waals surface area (Å²) >= 11 is 11.1. The average molecular weight is 338 g/mol. The number of carbonyl (C=O) groups is 1. The molecule has 2 aromatic heterocycles. The Labute approximate surface area is 125 Å². The monoisotopic (exact) mass is 337 g/mol. The van der Waals surface area contributed by atoms with Gasteiger partial charge in [-0.15, -0.1) is 0 Å². The van der Waals surface area contributed by atoms with Crippen LogP contribution in [-0.2, 0) is 6.18 Å². The number of pyridine rings is 1. The van der Waals surface area contributed by atoms with E-state index in [0.717, 1.165) is 18.3 Å². The summed E-state index contributed by atoms with van der Waals surface area (Å²) in [4.78, 5) is 22.0. The Morgan fingerprint density at radius 2 is 1.90 bits per heavy atom.